The highest BCUT2D eigenvalue weighted by Gasteiger charge is 2.18. The molecule has 0 atom stereocenters. The predicted molar refractivity (Wildman–Crippen MR) is 125 cm³/mol. The number of pyridine rings is 1. The highest BCUT2D eigenvalue weighted by atomic mass is 35.5. The maximum Gasteiger partial charge on any atom is 0.234 e. The number of hydrogen-bond acceptors (Lipinski definition) is 5. The molecular weight excluding hydrogens is 472 g/mol. The maximum absolute atomic E-state index is 13.3. The van der Waals surface area contributed by atoms with Crippen molar-refractivity contribution in [2.75, 3.05) is 11.1 Å². The van der Waals surface area contributed by atoms with Gasteiger partial charge in [-0.1, -0.05) is 41.0 Å². The summed E-state index contributed by atoms with van der Waals surface area (Å²) in [6.45, 7) is 1.92. The minimum absolute atomic E-state index is 0.0586. The zero-order valence-corrected chi connectivity index (χ0v) is 19.0. The molecule has 1 N–H and O–H groups in total. The lowest BCUT2D eigenvalue weighted by atomic mass is 10.2. The minimum atomic E-state index is -0.549. The molecule has 0 saturated heterocycles. The largest absolute Gasteiger partial charge is 0.325 e. The number of thioether (sulfide) groups is 1. The number of rotatable bonds is 6. The molecule has 0 spiro atoms. The van der Waals surface area contributed by atoms with Crippen molar-refractivity contribution in [1.82, 2.24) is 19.7 Å². The van der Waals surface area contributed by atoms with E-state index in [-0.39, 0.29) is 16.7 Å². The molecule has 162 valence electrons. The van der Waals surface area contributed by atoms with Gasteiger partial charge in [0.2, 0.25) is 5.91 Å². The summed E-state index contributed by atoms with van der Waals surface area (Å²) in [5, 5.41) is 12.4. The van der Waals surface area contributed by atoms with Crippen molar-refractivity contribution in [3.05, 3.63) is 82.4 Å². The Bertz CT molecular complexity index is 1280. The second kappa shape index (κ2) is 9.68. The van der Waals surface area contributed by atoms with Gasteiger partial charge >= 0.3 is 0 Å². The first-order valence-corrected chi connectivity index (χ1v) is 11.2. The molecular formula is C22H16Cl2FN5OS. The molecule has 0 saturated carbocycles. The summed E-state index contributed by atoms with van der Waals surface area (Å²) in [5.74, 6) is -0.184. The van der Waals surface area contributed by atoms with Crippen LogP contribution in [0, 0.1) is 12.7 Å². The Morgan fingerprint density at radius 3 is 2.56 bits per heavy atom. The molecule has 1 amide bonds. The van der Waals surface area contributed by atoms with Crippen LogP contribution in [0.3, 0.4) is 0 Å². The van der Waals surface area contributed by atoms with Crippen LogP contribution in [0.4, 0.5) is 10.1 Å². The lowest BCUT2D eigenvalue weighted by Gasteiger charge is -2.12. The van der Waals surface area contributed by atoms with Crippen molar-refractivity contribution in [1.29, 1.82) is 0 Å². The second-order valence-electron chi connectivity index (χ2n) is 6.78. The van der Waals surface area contributed by atoms with E-state index in [2.05, 4.69) is 20.5 Å². The minimum Gasteiger partial charge on any atom is -0.325 e. The van der Waals surface area contributed by atoms with E-state index in [4.69, 9.17) is 23.2 Å². The van der Waals surface area contributed by atoms with Gasteiger partial charge in [-0.3, -0.25) is 14.3 Å². The van der Waals surface area contributed by atoms with Crippen LogP contribution >= 0.6 is 35.0 Å². The summed E-state index contributed by atoms with van der Waals surface area (Å²) in [6, 6.07) is 13.3. The SMILES string of the molecule is Cc1ccc(-n2c(SCC(=O)Nc3ccc(F)c(Cl)c3)nnc2-c2ccncc2)cc1Cl. The quantitative estimate of drug-likeness (QED) is 0.347. The zero-order chi connectivity index (χ0) is 22.7. The molecule has 4 rings (SSSR count). The van der Waals surface area contributed by atoms with E-state index in [1.165, 1.54) is 30.0 Å². The highest BCUT2D eigenvalue weighted by molar-refractivity contribution is 7.99. The number of nitrogens with one attached hydrogen (secondary N) is 1. The Morgan fingerprint density at radius 2 is 1.84 bits per heavy atom. The Hall–Kier alpha value is -2.94. The smallest absolute Gasteiger partial charge is 0.234 e. The highest BCUT2D eigenvalue weighted by Crippen LogP contribution is 2.30. The van der Waals surface area contributed by atoms with Gasteiger partial charge in [0.25, 0.3) is 0 Å². The van der Waals surface area contributed by atoms with Gasteiger partial charge in [0, 0.05) is 28.7 Å². The summed E-state index contributed by atoms with van der Waals surface area (Å²) >= 11 is 13.3. The fourth-order valence-electron chi connectivity index (χ4n) is 2.91. The van der Waals surface area contributed by atoms with Gasteiger partial charge in [-0.15, -0.1) is 10.2 Å². The number of aromatic nitrogens is 4. The molecule has 0 radical (unpaired) electrons. The molecule has 0 fully saturated rings. The predicted octanol–water partition coefficient (Wildman–Crippen LogP) is 5.81. The maximum atomic E-state index is 13.3. The third kappa shape index (κ3) is 4.93. The molecule has 4 aromatic rings. The van der Waals surface area contributed by atoms with E-state index >= 15 is 0 Å². The molecule has 2 aromatic carbocycles. The molecule has 0 aliphatic rings. The molecule has 10 heteroatoms. The van der Waals surface area contributed by atoms with Crippen LogP contribution < -0.4 is 5.32 Å². The van der Waals surface area contributed by atoms with Crippen molar-refractivity contribution in [2.24, 2.45) is 0 Å². The normalized spacial score (nSPS) is 10.9. The van der Waals surface area contributed by atoms with E-state index in [1.807, 2.05) is 41.8 Å². The van der Waals surface area contributed by atoms with Gasteiger partial charge in [0.15, 0.2) is 11.0 Å². The van der Waals surface area contributed by atoms with Crippen LogP contribution in [0.15, 0.2) is 66.1 Å². The first kappa shape index (κ1) is 22.3. The molecule has 32 heavy (non-hydrogen) atoms. The standard InChI is InChI=1S/C22H16Cl2FN5OS/c1-13-2-4-16(11-17(13)23)30-21(14-6-8-26-9-7-14)28-29-22(30)32-12-20(31)27-15-3-5-19(25)18(24)10-15/h2-11H,12H2,1H3,(H,27,31). The molecule has 2 aromatic heterocycles. The monoisotopic (exact) mass is 487 g/mol. The fraction of sp³-hybridized carbons (Fsp3) is 0.0909. The van der Waals surface area contributed by atoms with Crippen molar-refractivity contribution >= 4 is 46.6 Å². The molecule has 0 unspecified atom stereocenters. The van der Waals surface area contributed by atoms with Gasteiger partial charge in [-0.05, 0) is 55.0 Å². The molecule has 6 nitrogen and oxygen atoms in total. The van der Waals surface area contributed by atoms with Crippen LogP contribution in [0.5, 0.6) is 0 Å². The fourth-order valence-corrected chi connectivity index (χ4v) is 4.01. The van der Waals surface area contributed by atoms with E-state index in [9.17, 15) is 9.18 Å². The summed E-state index contributed by atoms with van der Waals surface area (Å²) < 4.78 is 15.2. The van der Waals surface area contributed by atoms with Crippen molar-refractivity contribution in [2.45, 2.75) is 12.1 Å². The number of carbonyl (C=O) groups excluding carboxylic acids is 1. The summed E-state index contributed by atoms with van der Waals surface area (Å²) in [5.41, 5.74) is 2.94. The summed E-state index contributed by atoms with van der Waals surface area (Å²) in [6.07, 6.45) is 3.34. The van der Waals surface area contributed by atoms with E-state index in [1.54, 1.807) is 12.4 Å². The average molecular weight is 488 g/mol. The topological polar surface area (TPSA) is 72.7 Å². The Balaban J connectivity index is 1.60. The Kier molecular flexibility index (Phi) is 6.74. The van der Waals surface area contributed by atoms with E-state index in [0.717, 1.165) is 16.8 Å². The van der Waals surface area contributed by atoms with Crippen LogP contribution in [-0.2, 0) is 4.79 Å². The van der Waals surface area contributed by atoms with Crippen molar-refractivity contribution in [3.8, 4) is 17.1 Å². The number of halogens is 3. The van der Waals surface area contributed by atoms with Gasteiger partial charge in [-0.2, -0.15) is 0 Å². The first-order chi connectivity index (χ1) is 15.4. The van der Waals surface area contributed by atoms with Crippen LogP contribution in [0.1, 0.15) is 5.56 Å². The number of aryl methyl sites for hydroxylation is 1. The van der Waals surface area contributed by atoms with Crippen molar-refractivity contribution < 1.29 is 9.18 Å². The second-order valence-corrected chi connectivity index (χ2v) is 8.53. The number of anilines is 1. The number of benzene rings is 2. The van der Waals surface area contributed by atoms with Crippen LogP contribution in [-0.4, -0.2) is 31.4 Å². The molecule has 2 heterocycles. The summed E-state index contributed by atoms with van der Waals surface area (Å²) in [7, 11) is 0. The number of hydrogen-bond donors (Lipinski definition) is 1. The first-order valence-electron chi connectivity index (χ1n) is 9.42. The van der Waals surface area contributed by atoms with Gasteiger partial charge < -0.3 is 5.32 Å². The summed E-state index contributed by atoms with van der Waals surface area (Å²) in [4.78, 5) is 16.5. The number of amides is 1. The third-order valence-electron chi connectivity index (χ3n) is 4.52. The van der Waals surface area contributed by atoms with Crippen molar-refractivity contribution in [3.63, 3.8) is 0 Å². The zero-order valence-electron chi connectivity index (χ0n) is 16.7. The Morgan fingerprint density at radius 1 is 1.06 bits per heavy atom. The van der Waals surface area contributed by atoms with Gasteiger partial charge in [0.1, 0.15) is 5.82 Å². The van der Waals surface area contributed by atoms with E-state index < -0.39 is 5.82 Å². The molecule has 0 bridgehead atoms. The lowest BCUT2D eigenvalue weighted by molar-refractivity contribution is -0.113. The van der Waals surface area contributed by atoms with Crippen LogP contribution in [0.2, 0.25) is 10.0 Å². The van der Waals surface area contributed by atoms with Gasteiger partial charge in [0.05, 0.1) is 16.5 Å². The van der Waals surface area contributed by atoms with Crippen LogP contribution in [0.25, 0.3) is 17.1 Å². The molecule has 0 aliphatic carbocycles. The number of nitrogens with zero attached hydrogens (tertiary/aromatic N) is 4. The van der Waals surface area contributed by atoms with Gasteiger partial charge in [-0.25, -0.2) is 4.39 Å². The Labute approximate surface area is 197 Å². The third-order valence-corrected chi connectivity index (χ3v) is 6.15. The number of carbonyl (C=O) groups is 1. The lowest BCUT2D eigenvalue weighted by Crippen LogP contribution is -2.14. The molecule has 0 aliphatic heterocycles. The van der Waals surface area contributed by atoms with E-state index in [0.29, 0.717) is 21.7 Å². The average Bonchev–Trinajstić information content (AvgIpc) is 3.21.